The Balaban J connectivity index is 1.60. The van der Waals surface area contributed by atoms with E-state index in [1.807, 2.05) is 24.3 Å². The number of nitro groups is 1. The molecule has 2 aromatic carbocycles. The standard InChI is InChI=1S/C31H29N3O6S/c1-6-39-30(36)27-19(5)32-31-33(28(27)21-9-7-20(8-10-21)17(2)3)29(35)26(41-31)16-23-12-14-25(40-23)24-13-11-22(34(37)38)15-18(24)4/h7-17,28H,6H2,1-5H3/b26-16-/t28-/m1/s1. The van der Waals surface area contributed by atoms with Gasteiger partial charge in [0.25, 0.3) is 11.2 Å². The number of nitrogens with zero attached hydrogens (tertiary/aromatic N) is 3. The van der Waals surface area contributed by atoms with Crippen molar-refractivity contribution in [3.63, 3.8) is 0 Å². The fourth-order valence-corrected chi connectivity index (χ4v) is 5.94. The van der Waals surface area contributed by atoms with Gasteiger partial charge in [-0.1, -0.05) is 49.4 Å². The Hall–Kier alpha value is -4.57. The summed E-state index contributed by atoms with van der Waals surface area (Å²) in [6, 6.07) is 15.3. The van der Waals surface area contributed by atoms with Crippen LogP contribution in [0, 0.1) is 17.0 Å². The highest BCUT2D eigenvalue weighted by atomic mass is 32.1. The Morgan fingerprint density at radius 3 is 2.54 bits per heavy atom. The number of allylic oxidation sites excluding steroid dienone is 1. The SMILES string of the molecule is CCOC(=O)C1=C(C)N=c2s/c(=C\c3ccc(-c4ccc([N+](=O)[O-])cc4C)o3)c(=O)n2[C@@H]1c1ccc(C(C)C)cc1. The van der Waals surface area contributed by atoms with Crippen molar-refractivity contribution in [3.8, 4) is 11.3 Å². The Kier molecular flexibility index (Phi) is 7.59. The summed E-state index contributed by atoms with van der Waals surface area (Å²) in [6.07, 6.45) is 1.65. The minimum atomic E-state index is -0.691. The number of non-ortho nitro benzene ring substituents is 1. The van der Waals surface area contributed by atoms with Crippen molar-refractivity contribution in [2.45, 2.75) is 46.6 Å². The molecule has 0 N–H and O–H groups in total. The third-order valence-electron chi connectivity index (χ3n) is 7.02. The molecule has 4 aromatic rings. The molecule has 2 aromatic heterocycles. The number of aryl methyl sites for hydroxylation is 1. The molecule has 1 aliphatic rings. The van der Waals surface area contributed by atoms with E-state index < -0.39 is 16.9 Å². The van der Waals surface area contributed by atoms with Gasteiger partial charge in [-0.15, -0.1) is 0 Å². The Morgan fingerprint density at radius 1 is 1.17 bits per heavy atom. The van der Waals surface area contributed by atoms with Crippen LogP contribution in [0.3, 0.4) is 0 Å². The quantitative estimate of drug-likeness (QED) is 0.167. The largest absolute Gasteiger partial charge is 0.463 e. The molecule has 9 nitrogen and oxygen atoms in total. The van der Waals surface area contributed by atoms with E-state index >= 15 is 0 Å². The zero-order valence-electron chi connectivity index (χ0n) is 23.3. The van der Waals surface area contributed by atoms with E-state index in [0.717, 1.165) is 16.7 Å². The van der Waals surface area contributed by atoms with Gasteiger partial charge < -0.3 is 9.15 Å². The molecule has 0 saturated heterocycles. The molecule has 0 spiro atoms. The summed E-state index contributed by atoms with van der Waals surface area (Å²) in [7, 11) is 0. The Morgan fingerprint density at radius 2 is 1.90 bits per heavy atom. The smallest absolute Gasteiger partial charge is 0.338 e. The van der Waals surface area contributed by atoms with Gasteiger partial charge in [0.05, 0.1) is 33.4 Å². The topological polar surface area (TPSA) is 117 Å². The van der Waals surface area contributed by atoms with Gasteiger partial charge in [0.2, 0.25) is 0 Å². The summed E-state index contributed by atoms with van der Waals surface area (Å²) in [5.41, 5.74) is 3.89. The number of carbonyl (C=O) groups is 1. The second-order valence-corrected chi connectivity index (χ2v) is 11.1. The Labute approximate surface area is 239 Å². The lowest BCUT2D eigenvalue weighted by molar-refractivity contribution is -0.384. The minimum absolute atomic E-state index is 0.00465. The number of hydrogen-bond donors (Lipinski definition) is 0. The monoisotopic (exact) mass is 571 g/mol. The van der Waals surface area contributed by atoms with Crippen LogP contribution in [-0.2, 0) is 9.53 Å². The average molecular weight is 572 g/mol. The van der Waals surface area contributed by atoms with Gasteiger partial charge in [-0.3, -0.25) is 19.5 Å². The maximum Gasteiger partial charge on any atom is 0.338 e. The van der Waals surface area contributed by atoms with Gasteiger partial charge in [0.1, 0.15) is 11.5 Å². The van der Waals surface area contributed by atoms with Crippen LogP contribution < -0.4 is 14.9 Å². The highest BCUT2D eigenvalue weighted by Crippen LogP contribution is 2.32. The number of nitro benzene ring substituents is 1. The van der Waals surface area contributed by atoms with Crippen molar-refractivity contribution in [3.05, 3.63) is 118 Å². The summed E-state index contributed by atoms with van der Waals surface area (Å²) < 4.78 is 13.3. The van der Waals surface area contributed by atoms with Crippen LogP contribution in [0.25, 0.3) is 17.4 Å². The lowest BCUT2D eigenvalue weighted by Gasteiger charge is -2.25. The summed E-state index contributed by atoms with van der Waals surface area (Å²) in [5.74, 6) is 0.804. The zero-order valence-corrected chi connectivity index (χ0v) is 24.2. The molecule has 1 atom stereocenters. The maximum atomic E-state index is 13.8. The highest BCUT2D eigenvalue weighted by molar-refractivity contribution is 7.07. The first-order valence-corrected chi connectivity index (χ1v) is 14.1. The van der Waals surface area contributed by atoms with E-state index in [1.165, 1.54) is 23.5 Å². The number of thiazole rings is 1. The molecule has 3 heterocycles. The third kappa shape index (κ3) is 5.30. The van der Waals surface area contributed by atoms with Crippen molar-refractivity contribution < 1.29 is 18.9 Å². The predicted molar refractivity (Wildman–Crippen MR) is 156 cm³/mol. The molecule has 1 aliphatic heterocycles. The molecule has 0 amide bonds. The normalized spacial score (nSPS) is 15.2. The molecule has 210 valence electrons. The summed E-state index contributed by atoms with van der Waals surface area (Å²) in [4.78, 5) is 42.7. The fraction of sp³-hybridized carbons (Fsp3) is 0.258. The number of hydrogen-bond acceptors (Lipinski definition) is 8. The van der Waals surface area contributed by atoms with Crippen LogP contribution in [0.15, 0.2) is 80.1 Å². The van der Waals surface area contributed by atoms with Gasteiger partial charge in [0.15, 0.2) is 4.80 Å². The third-order valence-corrected chi connectivity index (χ3v) is 8.01. The molecule has 5 rings (SSSR count). The molecule has 0 radical (unpaired) electrons. The van der Waals surface area contributed by atoms with E-state index in [4.69, 9.17) is 9.15 Å². The summed E-state index contributed by atoms with van der Waals surface area (Å²) >= 11 is 1.21. The van der Waals surface area contributed by atoms with E-state index in [-0.39, 0.29) is 17.9 Å². The molecule has 10 heteroatoms. The molecule has 41 heavy (non-hydrogen) atoms. The molecule has 0 fully saturated rings. The van der Waals surface area contributed by atoms with Crippen LogP contribution in [0.2, 0.25) is 0 Å². The van der Waals surface area contributed by atoms with Crippen LogP contribution in [0.1, 0.15) is 62.1 Å². The van der Waals surface area contributed by atoms with Crippen molar-refractivity contribution in [1.29, 1.82) is 0 Å². The zero-order chi connectivity index (χ0) is 29.4. The number of rotatable bonds is 7. The van der Waals surface area contributed by atoms with E-state index in [1.54, 1.807) is 49.6 Å². The predicted octanol–water partition coefficient (Wildman–Crippen LogP) is 5.40. The fourth-order valence-electron chi connectivity index (χ4n) is 4.91. The first kappa shape index (κ1) is 28.0. The summed E-state index contributed by atoms with van der Waals surface area (Å²) in [6.45, 7) is 9.69. The first-order chi connectivity index (χ1) is 19.6. The van der Waals surface area contributed by atoms with E-state index in [2.05, 4.69) is 18.8 Å². The molecule has 0 saturated carbocycles. The first-order valence-electron chi connectivity index (χ1n) is 13.2. The van der Waals surface area contributed by atoms with Crippen molar-refractivity contribution in [1.82, 2.24) is 4.57 Å². The second-order valence-electron chi connectivity index (χ2n) is 10.1. The van der Waals surface area contributed by atoms with E-state index in [9.17, 15) is 19.7 Å². The maximum absolute atomic E-state index is 13.8. The lowest BCUT2D eigenvalue weighted by atomic mass is 9.93. The number of aromatic nitrogens is 1. The molecular formula is C31H29N3O6S. The summed E-state index contributed by atoms with van der Waals surface area (Å²) in [5, 5.41) is 11.1. The molecule has 0 unspecified atom stereocenters. The van der Waals surface area contributed by atoms with Crippen molar-refractivity contribution >= 4 is 29.1 Å². The van der Waals surface area contributed by atoms with Crippen molar-refractivity contribution in [2.75, 3.05) is 6.61 Å². The van der Waals surface area contributed by atoms with Crippen molar-refractivity contribution in [2.24, 2.45) is 4.99 Å². The van der Waals surface area contributed by atoms with Crippen LogP contribution >= 0.6 is 11.3 Å². The number of benzene rings is 2. The highest BCUT2D eigenvalue weighted by Gasteiger charge is 2.33. The van der Waals surface area contributed by atoms with Gasteiger partial charge in [0, 0.05) is 23.8 Å². The van der Waals surface area contributed by atoms with Gasteiger partial charge >= 0.3 is 5.97 Å². The molecular weight excluding hydrogens is 542 g/mol. The van der Waals surface area contributed by atoms with Gasteiger partial charge in [-0.05, 0) is 61.6 Å². The van der Waals surface area contributed by atoms with Gasteiger partial charge in [-0.25, -0.2) is 9.79 Å². The number of furan rings is 1. The number of carbonyl (C=O) groups excluding carboxylic acids is 1. The van der Waals surface area contributed by atoms with Crippen LogP contribution in [0.5, 0.6) is 0 Å². The number of esters is 1. The lowest BCUT2D eigenvalue weighted by Crippen LogP contribution is -2.39. The van der Waals surface area contributed by atoms with Crippen LogP contribution in [-0.4, -0.2) is 22.1 Å². The van der Waals surface area contributed by atoms with E-state index in [0.29, 0.717) is 43.6 Å². The number of fused-ring (bicyclic) bond motifs is 1. The minimum Gasteiger partial charge on any atom is -0.463 e. The molecule has 0 aliphatic carbocycles. The number of ether oxygens (including phenoxy) is 1. The van der Waals surface area contributed by atoms with Gasteiger partial charge in [-0.2, -0.15) is 0 Å². The van der Waals surface area contributed by atoms with Crippen LogP contribution in [0.4, 0.5) is 5.69 Å². The molecule has 0 bridgehead atoms. The second kappa shape index (κ2) is 11.1. The Bertz CT molecular complexity index is 1880. The average Bonchev–Trinajstić information content (AvgIpc) is 3.52.